The average molecular weight is 286 g/mol. The number of nitrogens with zero attached hydrogens (tertiary/aromatic N) is 4. The molecular formula is C15H18N4O2. The summed E-state index contributed by atoms with van der Waals surface area (Å²) < 4.78 is 5.58. The van der Waals surface area contributed by atoms with E-state index < -0.39 is 0 Å². The van der Waals surface area contributed by atoms with E-state index in [1.807, 2.05) is 38.1 Å². The zero-order chi connectivity index (χ0) is 15.1. The van der Waals surface area contributed by atoms with Crippen LogP contribution in [0.5, 0.6) is 5.75 Å². The molecule has 0 atom stereocenters. The summed E-state index contributed by atoms with van der Waals surface area (Å²) in [6, 6.07) is 7.52. The van der Waals surface area contributed by atoms with E-state index in [2.05, 4.69) is 20.3 Å². The SMILES string of the molecule is CCCC(=NO)c1cnnc(-c2ccccc2OCC)n1. The minimum atomic E-state index is 0.453. The van der Waals surface area contributed by atoms with E-state index in [9.17, 15) is 0 Å². The van der Waals surface area contributed by atoms with Crippen LogP contribution in [0.1, 0.15) is 32.4 Å². The Bertz CT molecular complexity index is 629. The third-order valence-electron chi connectivity index (χ3n) is 2.89. The van der Waals surface area contributed by atoms with Gasteiger partial charge in [-0.1, -0.05) is 30.6 Å². The maximum Gasteiger partial charge on any atom is 0.186 e. The summed E-state index contributed by atoms with van der Waals surface area (Å²) in [6.45, 7) is 4.48. The minimum Gasteiger partial charge on any atom is -0.493 e. The molecule has 1 aromatic heterocycles. The van der Waals surface area contributed by atoms with Crippen molar-refractivity contribution in [3.05, 3.63) is 36.2 Å². The molecule has 6 heteroatoms. The standard InChI is InChI=1S/C15H18N4O2/c1-3-7-12(19-20)13-10-16-18-15(17-13)11-8-5-6-9-14(11)21-4-2/h5-6,8-10,20H,3-4,7H2,1-2H3. The summed E-state index contributed by atoms with van der Waals surface area (Å²) in [5.74, 6) is 1.16. The molecule has 0 fully saturated rings. The smallest absolute Gasteiger partial charge is 0.186 e. The molecule has 110 valence electrons. The van der Waals surface area contributed by atoms with Crippen molar-refractivity contribution in [1.29, 1.82) is 0 Å². The van der Waals surface area contributed by atoms with E-state index in [0.717, 1.165) is 12.0 Å². The van der Waals surface area contributed by atoms with Crippen molar-refractivity contribution < 1.29 is 9.94 Å². The Morgan fingerprint density at radius 2 is 2.10 bits per heavy atom. The third-order valence-corrected chi connectivity index (χ3v) is 2.89. The molecule has 1 N–H and O–H groups in total. The van der Waals surface area contributed by atoms with Crippen LogP contribution in [0.3, 0.4) is 0 Å². The monoisotopic (exact) mass is 286 g/mol. The van der Waals surface area contributed by atoms with Crippen LogP contribution in [0.2, 0.25) is 0 Å². The summed E-state index contributed by atoms with van der Waals surface area (Å²) in [4.78, 5) is 4.43. The van der Waals surface area contributed by atoms with E-state index in [4.69, 9.17) is 9.94 Å². The lowest BCUT2D eigenvalue weighted by atomic mass is 10.1. The van der Waals surface area contributed by atoms with Crippen LogP contribution in [-0.4, -0.2) is 32.7 Å². The molecule has 6 nitrogen and oxygen atoms in total. The molecule has 0 saturated carbocycles. The van der Waals surface area contributed by atoms with Crippen molar-refractivity contribution in [2.75, 3.05) is 6.61 Å². The fourth-order valence-corrected chi connectivity index (χ4v) is 1.96. The maximum absolute atomic E-state index is 9.09. The second kappa shape index (κ2) is 7.33. The van der Waals surface area contributed by atoms with Gasteiger partial charge in [0, 0.05) is 0 Å². The van der Waals surface area contributed by atoms with Crippen LogP contribution < -0.4 is 4.74 Å². The van der Waals surface area contributed by atoms with Crippen molar-refractivity contribution in [1.82, 2.24) is 15.2 Å². The summed E-state index contributed by atoms with van der Waals surface area (Å²) in [5.41, 5.74) is 1.79. The quantitative estimate of drug-likeness (QED) is 0.501. The number of para-hydroxylation sites is 1. The van der Waals surface area contributed by atoms with E-state index in [-0.39, 0.29) is 0 Å². The van der Waals surface area contributed by atoms with Gasteiger partial charge in [0.05, 0.1) is 18.4 Å². The number of ether oxygens (including phenoxy) is 1. The number of hydrogen-bond donors (Lipinski definition) is 1. The van der Waals surface area contributed by atoms with Crippen molar-refractivity contribution in [2.45, 2.75) is 26.7 Å². The molecule has 0 amide bonds. The highest BCUT2D eigenvalue weighted by Gasteiger charge is 2.12. The lowest BCUT2D eigenvalue weighted by Crippen LogP contribution is -2.07. The predicted molar refractivity (Wildman–Crippen MR) is 79.7 cm³/mol. The second-order valence-electron chi connectivity index (χ2n) is 4.39. The van der Waals surface area contributed by atoms with Crippen molar-refractivity contribution in [2.24, 2.45) is 5.16 Å². The number of aromatic nitrogens is 3. The van der Waals surface area contributed by atoms with Crippen LogP contribution in [0, 0.1) is 0 Å². The molecular weight excluding hydrogens is 268 g/mol. The van der Waals surface area contributed by atoms with Gasteiger partial charge in [0.1, 0.15) is 17.2 Å². The first-order valence-corrected chi connectivity index (χ1v) is 6.93. The molecule has 1 heterocycles. The Labute approximate surface area is 123 Å². The van der Waals surface area contributed by atoms with Gasteiger partial charge in [-0.15, -0.1) is 5.10 Å². The third kappa shape index (κ3) is 3.53. The Balaban J connectivity index is 2.42. The zero-order valence-corrected chi connectivity index (χ0v) is 12.2. The van der Waals surface area contributed by atoms with Gasteiger partial charge in [-0.3, -0.25) is 0 Å². The van der Waals surface area contributed by atoms with E-state index in [1.54, 1.807) is 0 Å². The van der Waals surface area contributed by atoms with Gasteiger partial charge in [-0.2, -0.15) is 5.10 Å². The van der Waals surface area contributed by atoms with E-state index >= 15 is 0 Å². The van der Waals surface area contributed by atoms with Crippen LogP contribution in [0.15, 0.2) is 35.6 Å². The largest absolute Gasteiger partial charge is 0.493 e. The average Bonchev–Trinajstić information content (AvgIpc) is 2.53. The van der Waals surface area contributed by atoms with Crippen molar-refractivity contribution in [3.8, 4) is 17.1 Å². The highest BCUT2D eigenvalue weighted by Crippen LogP contribution is 2.26. The van der Waals surface area contributed by atoms with E-state index in [0.29, 0.717) is 36.0 Å². The highest BCUT2D eigenvalue weighted by molar-refractivity contribution is 5.98. The molecule has 1 aromatic carbocycles. The van der Waals surface area contributed by atoms with Gasteiger partial charge in [0.2, 0.25) is 0 Å². The van der Waals surface area contributed by atoms with Crippen molar-refractivity contribution >= 4 is 5.71 Å². The summed E-state index contributed by atoms with van der Waals surface area (Å²) >= 11 is 0. The molecule has 21 heavy (non-hydrogen) atoms. The van der Waals surface area contributed by atoms with Gasteiger partial charge < -0.3 is 9.94 Å². The molecule has 0 spiro atoms. The Hall–Kier alpha value is -2.50. The lowest BCUT2D eigenvalue weighted by molar-refractivity contribution is 0.317. The highest BCUT2D eigenvalue weighted by atomic mass is 16.5. The van der Waals surface area contributed by atoms with Gasteiger partial charge >= 0.3 is 0 Å². The first-order valence-electron chi connectivity index (χ1n) is 6.93. The van der Waals surface area contributed by atoms with Crippen LogP contribution in [0.25, 0.3) is 11.4 Å². The fraction of sp³-hybridized carbons (Fsp3) is 0.333. The molecule has 0 aliphatic heterocycles. The van der Waals surface area contributed by atoms with Gasteiger partial charge in [0.25, 0.3) is 0 Å². The molecule has 0 bridgehead atoms. The lowest BCUT2D eigenvalue weighted by Gasteiger charge is -2.09. The predicted octanol–water partition coefficient (Wildman–Crippen LogP) is 2.92. The number of hydrogen-bond acceptors (Lipinski definition) is 6. The molecule has 2 rings (SSSR count). The summed E-state index contributed by atoms with van der Waals surface area (Å²) in [5, 5.41) is 20.4. The molecule has 0 radical (unpaired) electrons. The normalized spacial score (nSPS) is 11.4. The molecule has 0 unspecified atom stereocenters. The number of oxime groups is 1. The topological polar surface area (TPSA) is 80.5 Å². The summed E-state index contributed by atoms with van der Waals surface area (Å²) in [7, 11) is 0. The number of benzene rings is 1. The van der Waals surface area contributed by atoms with E-state index in [1.165, 1.54) is 6.20 Å². The number of rotatable bonds is 6. The molecule has 0 aliphatic rings. The van der Waals surface area contributed by atoms with Crippen molar-refractivity contribution in [3.63, 3.8) is 0 Å². The Kier molecular flexibility index (Phi) is 5.20. The molecule has 2 aromatic rings. The van der Waals surface area contributed by atoms with Gasteiger partial charge in [0.15, 0.2) is 5.82 Å². The minimum absolute atomic E-state index is 0.453. The maximum atomic E-state index is 9.09. The Morgan fingerprint density at radius 1 is 1.29 bits per heavy atom. The van der Waals surface area contributed by atoms with Crippen LogP contribution >= 0.6 is 0 Å². The van der Waals surface area contributed by atoms with Crippen LogP contribution in [0.4, 0.5) is 0 Å². The first-order chi connectivity index (χ1) is 10.3. The van der Waals surface area contributed by atoms with Gasteiger partial charge in [-0.05, 0) is 25.5 Å². The molecule has 0 saturated heterocycles. The zero-order valence-electron chi connectivity index (χ0n) is 12.2. The Morgan fingerprint density at radius 3 is 2.81 bits per heavy atom. The first kappa shape index (κ1) is 14.9. The van der Waals surface area contributed by atoms with Gasteiger partial charge in [-0.25, -0.2) is 4.98 Å². The van der Waals surface area contributed by atoms with Crippen LogP contribution in [-0.2, 0) is 0 Å². The fourth-order valence-electron chi connectivity index (χ4n) is 1.96. The molecule has 0 aliphatic carbocycles. The second-order valence-corrected chi connectivity index (χ2v) is 4.39. The summed E-state index contributed by atoms with van der Waals surface area (Å²) in [6.07, 6.45) is 2.98.